The number of furan rings is 1. The van der Waals surface area contributed by atoms with Gasteiger partial charge in [-0.3, -0.25) is 4.79 Å². The Balaban J connectivity index is 1.88. The first-order chi connectivity index (χ1) is 13.0. The number of rotatable bonds is 7. The van der Waals surface area contributed by atoms with E-state index < -0.39 is 0 Å². The second-order valence-electron chi connectivity index (χ2n) is 7.79. The first-order valence-corrected chi connectivity index (χ1v) is 9.59. The molecule has 138 valence electrons. The average molecular weight is 360 g/mol. The molecule has 4 rings (SSSR count). The van der Waals surface area contributed by atoms with Crippen molar-refractivity contribution in [3.8, 4) is 0 Å². The van der Waals surface area contributed by atoms with E-state index in [0.717, 1.165) is 39.3 Å². The van der Waals surface area contributed by atoms with Gasteiger partial charge in [-0.25, -0.2) is 0 Å². The zero-order chi connectivity index (χ0) is 19.1. The maximum Gasteiger partial charge on any atom is 0.143 e. The molecule has 1 heterocycles. The topological polar surface area (TPSA) is 47.3 Å². The van der Waals surface area contributed by atoms with Crippen LogP contribution in [0.2, 0.25) is 0 Å². The molecule has 3 nitrogen and oxygen atoms in total. The minimum absolute atomic E-state index is 0.114. The van der Waals surface area contributed by atoms with E-state index in [-0.39, 0.29) is 23.4 Å². The molecule has 0 radical (unpaired) electrons. The van der Waals surface area contributed by atoms with Crippen LogP contribution in [0.1, 0.15) is 50.2 Å². The molecular weight excluding hydrogens is 336 g/mol. The molecule has 0 spiro atoms. The van der Waals surface area contributed by atoms with E-state index in [1.54, 1.807) is 13.2 Å². The number of Topliss-reactive ketones (excluding diaryl/α,β-unsaturated/α-hetero) is 2. The van der Waals surface area contributed by atoms with Gasteiger partial charge in [0.25, 0.3) is 0 Å². The molecule has 0 N–H and O–H groups in total. The third-order valence-electron chi connectivity index (χ3n) is 5.86. The minimum Gasteiger partial charge on any atom is -0.464 e. The fourth-order valence-electron chi connectivity index (χ4n) is 4.15. The summed E-state index contributed by atoms with van der Waals surface area (Å²) >= 11 is 0. The van der Waals surface area contributed by atoms with E-state index in [9.17, 15) is 9.59 Å². The highest BCUT2D eigenvalue weighted by Gasteiger charge is 2.43. The van der Waals surface area contributed by atoms with Crippen LogP contribution >= 0.6 is 0 Å². The van der Waals surface area contributed by atoms with Crippen LogP contribution in [-0.2, 0) is 9.59 Å². The molecule has 1 fully saturated rings. The second-order valence-corrected chi connectivity index (χ2v) is 7.79. The highest BCUT2D eigenvalue weighted by Crippen LogP contribution is 2.45. The number of hydrogen-bond acceptors (Lipinski definition) is 3. The van der Waals surface area contributed by atoms with Crippen molar-refractivity contribution in [1.29, 1.82) is 0 Å². The quantitative estimate of drug-likeness (QED) is 0.526. The number of hydrogen-bond donors (Lipinski definition) is 0. The molecule has 1 saturated carbocycles. The maximum absolute atomic E-state index is 13.2. The van der Waals surface area contributed by atoms with Crippen molar-refractivity contribution in [2.75, 3.05) is 0 Å². The van der Waals surface area contributed by atoms with E-state index in [0.29, 0.717) is 18.8 Å². The lowest BCUT2D eigenvalue weighted by molar-refractivity contribution is -0.122. The number of benzene rings is 2. The van der Waals surface area contributed by atoms with Crippen molar-refractivity contribution in [2.24, 2.45) is 11.8 Å². The molecule has 1 aliphatic rings. The van der Waals surface area contributed by atoms with Gasteiger partial charge in [0.1, 0.15) is 17.1 Å². The Labute approximate surface area is 159 Å². The number of carbonyl (C=O) groups is 2. The largest absolute Gasteiger partial charge is 0.464 e. The molecule has 3 unspecified atom stereocenters. The molecule has 3 aromatic rings. The summed E-state index contributed by atoms with van der Waals surface area (Å²) in [5.41, 5.74) is 2.76. The fourth-order valence-corrected chi connectivity index (χ4v) is 4.15. The molecule has 1 aliphatic carbocycles. The Morgan fingerprint density at radius 1 is 1.26 bits per heavy atom. The molecule has 3 heteroatoms. The summed E-state index contributed by atoms with van der Waals surface area (Å²) in [6, 6.07) is 10.1. The van der Waals surface area contributed by atoms with Crippen LogP contribution in [0.3, 0.4) is 0 Å². The lowest BCUT2D eigenvalue weighted by atomic mass is 9.85. The first kappa shape index (κ1) is 17.7. The van der Waals surface area contributed by atoms with Crippen LogP contribution < -0.4 is 0 Å². The Morgan fingerprint density at radius 3 is 2.70 bits per heavy atom. The summed E-state index contributed by atoms with van der Waals surface area (Å²) in [5, 5.41) is 3.16. The van der Waals surface area contributed by atoms with Crippen LogP contribution in [0.4, 0.5) is 0 Å². The van der Waals surface area contributed by atoms with E-state index in [1.807, 2.05) is 30.3 Å². The molecule has 27 heavy (non-hydrogen) atoms. The Hall–Kier alpha value is -2.68. The van der Waals surface area contributed by atoms with Crippen molar-refractivity contribution < 1.29 is 14.0 Å². The maximum atomic E-state index is 13.2. The predicted molar refractivity (Wildman–Crippen MR) is 109 cm³/mol. The zero-order valence-electron chi connectivity index (χ0n) is 15.8. The number of ketones is 2. The number of carbonyl (C=O) groups excluding carboxylic acids is 2. The molecule has 3 atom stereocenters. The van der Waals surface area contributed by atoms with Crippen molar-refractivity contribution in [2.45, 2.75) is 39.0 Å². The fraction of sp³-hybridized carbons (Fsp3) is 0.333. The predicted octanol–water partition coefficient (Wildman–Crippen LogP) is 5.91. The Bertz CT molecular complexity index is 1060. The summed E-state index contributed by atoms with van der Waals surface area (Å²) in [4.78, 5) is 24.8. The van der Waals surface area contributed by atoms with Crippen LogP contribution in [-0.4, -0.2) is 11.6 Å². The van der Waals surface area contributed by atoms with Gasteiger partial charge in [0.2, 0.25) is 0 Å². The summed E-state index contributed by atoms with van der Waals surface area (Å²) < 4.78 is 5.83. The van der Waals surface area contributed by atoms with Gasteiger partial charge in [0, 0.05) is 29.2 Å². The second kappa shape index (κ2) is 6.80. The van der Waals surface area contributed by atoms with Gasteiger partial charge >= 0.3 is 0 Å². The van der Waals surface area contributed by atoms with E-state index in [1.165, 1.54) is 0 Å². The molecule has 0 aliphatic heterocycles. The van der Waals surface area contributed by atoms with Gasteiger partial charge in [-0.15, -0.1) is 0 Å². The minimum atomic E-state index is -0.289. The molecule has 0 bridgehead atoms. The lowest BCUT2D eigenvalue weighted by Crippen LogP contribution is -2.16. The van der Waals surface area contributed by atoms with Gasteiger partial charge in [0.05, 0.1) is 6.26 Å². The van der Waals surface area contributed by atoms with E-state index >= 15 is 0 Å². The summed E-state index contributed by atoms with van der Waals surface area (Å²) in [6.07, 6.45) is 5.47. The zero-order valence-corrected chi connectivity index (χ0v) is 15.8. The van der Waals surface area contributed by atoms with Crippen LogP contribution in [0.5, 0.6) is 0 Å². The van der Waals surface area contributed by atoms with Gasteiger partial charge in [0.15, 0.2) is 0 Å². The third-order valence-corrected chi connectivity index (χ3v) is 5.86. The monoisotopic (exact) mass is 360 g/mol. The standard InChI is InChI=1S/C24H24O3/c1-4-16-6-5-7-18-17(16)10-11-22-23(18)21(13-27-22)19(9-8-15(3)25)24(26)20-12-14(20)2/h4-7,10-11,13-14,19-20H,1,8-9,12H2,2-3H3. The van der Waals surface area contributed by atoms with Gasteiger partial charge in [-0.2, -0.15) is 0 Å². The normalized spacial score (nSPS) is 19.9. The van der Waals surface area contributed by atoms with Crippen LogP contribution in [0.25, 0.3) is 27.8 Å². The van der Waals surface area contributed by atoms with Gasteiger partial charge < -0.3 is 9.21 Å². The number of fused-ring (bicyclic) bond motifs is 3. The third kappa shape index (κ3) is 3.12. The molecule has 1 aromatic heterocycles. The SMILES string of the molecule is C=Cc1cccc2c1ccc1occ(C(CCC(C)=O)C(=O)C3CC3C)c12. The van der Waals surface area contributed by atoms with Crippen LogP contribution in [0.15, 0.2) is 47.6 Å². The van der Waals surface area contributed by atoms with Crippen LogP contribution in [0, 0.1) is 11.8 Å². The first-order valence-electron chi connectivity index (χ1n) is 9.59. The average Bonchev–Trinajstić information content (AvgIpc) is 3.24. The lowest BCUT2D eigenvalue weighted by Gasteiger charge is -2.15. The van der Waals surface area contributed by atoms with Crippen molar-refractivity contribution >= 4 is 39.4 Å². The summed E-state index contributed by atoms with van der Waals surface area (Å²) in [6.45, 7) is 7.61. The molecule has 0 amide bonds. The van der Waals surface area contributed by atoms with Gasteiger partial charge in [-0.1, -0.05) is 43.8 Å². The van der Waals surface area contributed by atoms with Crippen molar-refractivity contribution in [3.63, 3.8) is 0 Å². The molecular formula is C24H24O3. The highest BCUT2D eigenvalue weighted by molar-refractivity contribution is 6.11. The smallest absolute Gasteiger partial charge is 0.143 e. The summed E-state index contributed by atoms with van der Waals surface area (Å²) in [7, 11) is 0. The van der Waals surface area contributed by atoms with Crippen molar-refractivity contribution in [3.05, 3.63) is 54.3 Å². The Kier molecular flexibility index (Phi) is 4.47. The highest BCUT2D eigenvalue weighted by atomic mass is 16.3. The Morgan fingerprint density at radius 2 is 2.04 bits per heavy atom. The molecule has 2 aromatic carbocycles. The van der Waals surface area contributed by atoms with Crippen molar-refractivity contribution in [1.82, 2.24) is 0 Å². The van der Waals surface area contributed by atoms with E-state index in [2.05, 4.69) is 19.6 Å². The van der Waals surface area contributed by atoms with E-state index in [4.69, 9.17) is 4.42 Å². The van der Waals surface area contributed by atoms with Gasteiger partial charge in [-0.05, 0) is 48.1 Å². The summed E-state index contributed by atoms with van der Waals surface area (Å²) in [5.74, 6) is 0.639. The molecule has 0 saturated heterocycles.